The van der Waals surface area contributed by atoms with Crippen molar-refractivity contribution in [3.63, 3.8) is 0 Å². The summed E-state index contributed by atoms with van der Waals surface area (Å²) in [5, 5.41) is 42.9. The molecule has 0 aliphatic carbocycles. The van der Waals surface area contributed by atoms with Gasteiger partial charge in [0.1, 0.15) is 30.0 Å². The summed E-state index contributed by atoms with van der Waals surface area (Å²) in [5.41, 5.74) is 0.760. The van der Waals surface area contributed by atoms with Crippen molar-refractivity contribution in [2.75, 3.05) is 33.0 Å². The van der Waals surface area contributed by atoms with E-state index in [0.717, 1.165) is 5.69 Å². The van der Waals surface area contributed by atoms with Gasteiger partial charge in [-0.1, -0.05) is 5.21 Å². The molecular weight excluding hydrogens is 490 g/mol. The van der Waals surface area contributed by atoms with Gasteiger partial charge < -0.3 is 44.9 Å². The molecule has 1 aliphatic rings. The minimum atomic E-state index is -1.36. The quantitative estimate of drug-likeness (QED) is 0.147. The van der Waals surface area contributed by atoms with E-state index in [9.17, 15) is 24.9 Å². The number of amides is 2. The second-order valence-corrected chi connectivity index (χ2v) is 9.06. The number of unbranched alkanes of at least 4 members (excludes halogenated alkanes) is 1. The fourth-order valence-electron chi connectivity index (χ4n) is 3.58. The number of hydrogen-bond acceptors (Lipinski definition) is 11. The average Bonchev–Trinajstić information content (AvgIpc) is 3.31. The van der Waals surface area contributed by atoms with E-state index < -0.39 is 43.2 Å². The molecule has 0 bridgehead atoms. The van der Waals surface area contributed by atoms with Crippen LogP contribution in [-0.2, 0) is 41.7 Å². The molecule has 1 fully saturated rings. The highest BCUT2D eigenvalue weighted by atomic mass is 16.7. The van der Waals surface area contributed by atoms with Gasteiger partial charge in [0, 0.05) is 26.5 Å². The van der Waals surface area contributed by atoms with E-state index in [1.54, 1.807) is 4.68 Å². The molecule has 2 amide bonds. The first-order valence-corrected chi connectivity index (χ1v) is 12.6. The number of aliphatic hydroxyl groups excluding tert-OH is 3. The average molecular weight is 532 g/mol. The van der Waals surface area contributed by atoms with Crippen molar-refractivity contribution in [2.45, 2.75) is 89.9 Å². The Bertz CT molecular complexity index is 809. The lowest BCUT2D eigenvalue weighted by molar-refractivity contribution is -0.270. The molecule has 14 nitrogen and oxygen atoms in total. The maximum atomic E-state index is 12.0. The van der Waals surface area contributed by atoms with Crippen LogP contribution in [0.2, 0.25) is 0 Å². The Hall–Kier alpha value is -2.20. The van der Waals surface area contributed by atoms with E-state index in [4.69, 9.17) is 18.9 Å². The van der Waals surface area contributed by atoms with Gasteiger partial charge in [-0.2, -0.15) is 0 Å². The van der Waals surface area contributed by atoms with E-state index >= 15 is 0 Å². The molecule has 1 aromatic heterocycles. The number of carbonyl (C=O) groups is 2. The largest absolute Gasteiger partial charge is 0.394 e. The Morgan fingerprint density at radius 2 is 1.97 bits per heavy atom. The van der Waals surface area contributed by atoms with Crippen LogP contribution >= 0.6 is 0 Å². The molecule has 1 aliphatic heterocycles. The first kappa shape index (κ1) is 31.0. The SMILES string of the molecule is CC(=O)N[C@H]1[C@H](OCCCCC(=O)NCCOCCn2cc(COC(C)C)nn2)O[C@H](CO)[C@H](O)[C@@H]1O. The van der Waals surface area contributed by atoms with Crippen LogP contribution in [-0.4, -0.2) is 112 Å². The van der Waals surface area contributed by atoms with E-state index in [0.29, 0.717) is 52.2 Å². The lowest BCUT2D eigenvalue weighted by Gasteiger charge is -2.42. The number of nitrogens with zero attached hydrogens (tertiary/aromatic N) is 3. The predicted octanol–water partition coefficient (Wildman–Crippen LogP) is -1.53. The monoisotopic (exact) mass is 531 g/mol. The van der Waals surface area contributed by atoms with Crippen LogP contribution in [0.4, 0.5) is 0 Å². The summed E-state index contributed by atoms with van der Waals surface area (Å²) in [7, 11) is 0. The lowest BCUT2D eigenvalue weighted by atomic mass is 9.97. The Morgan fingerprint density at radius 3 is 2.68 bits per heavy atom. The molecule has 5 atom stereocenters. The highest BCUT2D eigenvalue weighted by Gasteiger charge is 2.45. The maximum Gasteiger partial charge on any atom is 0.220 e. The highest BCUT2D eigenvalue weighted by Crippen LogP contribution is 2.22. The second-order valence-electron chi connectivity index (χ2n) is 9.06. The van der Waals surface area contributed by atoms with E-state index in [2.05, 4.69) is 20.9 Å². The standard InChI is InChI=1S/C23H41N5O9/c1-15(2)36-14-17-12-28(27-26-17)8-11-34-10-7-24-19(31)6-4-5-9-35-23-20(25-16(3)30)22(33)21(32)18(13-29)37-23/h12,15,18,20-23,29,32-33H,4-11,13-14H2,1-3H3,(H,24,31)(H,25,30)/t18-,20-,21+,22-,23-/m1/s1. The molecule has 0 saturated carbocycles. The van der Waals surface area contributed by atoms with Crippen molar-refractivity contribution < 1.29 is 43.9 Å². The zero-order chi connectivity index (χ0) is 27.2. The molecule has 1 saturated heterocycles. The minimum absolute atomic E-state index is 0.112. The smallest absolute Gasteiger partial charge is 0.220 e. The first-order valence-electron chi connectivity index (χ1n) is 12.6. The van der Waals surface area contributed by atoms with Gasteiger partial charge in [0.15, 0.2) is 6.29 Å². The number of aromatic nitrogens is 3. The molecule has 14 heteroatoms. The summed E-state index contributed by atoms with van der Waals surface area (Å²) in [4.78, 5) is 23.4. The Balaban J connectivity index is 1.54. The van der Waals surface area contributed by atoms with Gasteiger partial charge in [-0.05, 0) is 26.7 Å². The van der Waals surface area contributed by atoms with Crippen LogP contribution in [0.3, 0.4) is 0 Å². The van der Waals surface area contributed by atoms with Crippen molar-refractivity contribution in [1.29, 1.82) is 0 Å². The van der Waals surface area contributed by atoms with Crippen molar-refractivity contribution in [1.82, 2.24) is 25.6 Å². The van der Waals surface area contributed by atoms with E-state index in [-0.39, 0.29) is 18.6 Å². The Morgan fingerprint density at radius 1 is 1.19 bits per heavy atom. The van der Waals surface area contributed by atoms with Gasteiger partial charge in [0.25, 0.3) is 0 Å². The lowest BCUT2D eigenvalue weighted by Crippen LogP contribution is -2.64. The molecule has 1 aromatic rings. The predicted molar refractivity (Wildman–Crippen MR) is 129 cm³/mol. The topological polar surface area (TPSA) is 187 Å². The zero-order valence-electron chi connectivity index (χ0n) is 21.7. The van der Waals surface area contributed by atoms with Crippen molar-refractivity contribution in [3.05, 3.63) is 11.9 Å². The summed E-state index contributed by atoms with van der Waals surface area (Å²) in [6.45, 7) is 7.04. The molecular formula is C23H41N5O9. The van der Waals surface area contributed by atoms with Gasteiger partial charge in [-0.3, -0.25) is 9.59 Å². The molecule has 0 unspecified atom stereocenters. The van der Waals surface area contributed by atoms with E-state index in [1.165, 1.54) is 6.92 Å². The van der Waals surface area contributed by atoms with Crippen LogP contribution in [0.1, 0.15) is 45.7 Å². The Labute approximate surface area is 216 Å². The second kappa shape index (κ2) is 16.6. The summed E-state index contributed by atoms with van der Waals surface area (Å²) in [6.07, 6.45) is -1.47. The third-order valence-corrected chi connectivity index (χ3v) is 5.52. The van der Waals surface area contributed by atoms with Crippen LogP contribution in [0.5, 0.6) is 0 Å². The molecule has 212 valence electrons. The summed E-state index contributed by atoms with van der Waals surface area (Å²) in [5.74, 6) is -0.533. The third-order valence-electron chi connectivity index (χ3n) is 5.52. The summed E-state index contributed by atoms with van der Waals surface area (Å²) in [6, 6.07) is -0.982. The summed E-state index contributed by atoms with van der Waals surface area (Å²) >= 11 is 0. The van der Waals surface area contributed by atoms with Gasteiger partial charge >= 0.3 is 0 Å². The third kappa shape index (κ3) is 11.4. The fraction of sp³-hybridized carbons (Fsp3) is 0.826. The molecule has 2 rings (SSSR count). The number of nitrogens with one attached hydrogen (secondary N) is 2. The molecule has 2 heterocycles. The fourth-order valence-corrected chi connectivity index (χ4v) is 3.58. The molecule has 37 heavy (non-hydrogen) atoms. The zero-order valence-corrected chi connectivity index (χ0v) is 21.7. The number of carbonyl (C=O) groups excluding carboxylic acids is 2. The summed E-state index contributed by atoms with van der Waals surface area (Å²) < 4.78 is 23.8. The van der Waals surface area contributed by atoms with Gasteiger partial charge in [-0.25, -0.2) is 4.68 Å². The highest BCUT2D eigenvalue weighted by molar-refractivity contribution is 5.75. The van der Waals surface area contributed by atoms with Gasteiger partial charge in [0.2, 0.25) is 11.8 Å². The molecule has 5 N–H and O–H groups in total. The molecule has 0 spiro atoms. The van der Waals surface area contributed by atoms with Crippen LogP contribution in [0, 0.1) is 0 Å². The molecule has 0 aromatic carbocycles. The number of ether oxygens (including phenoxy) is 4. The first-order chi connectivity index (χ1) is 17.7. The van der Waals surface area contributed by atoms with Crippen molar-refractivity contribution in [3.8, 4) is 0 Å². The molecule has 0 radical (unpaired) electrons. The van der Waals surface area contributed by atoms with E-state index in [1.807, 2.05) is 20.0 Å². The van der Waals surface area contributed by atoms with Gasteiger partial charge in [0.05, 0.1) is 45.3 Å². The van der Waals surface area contributed by atoms with Crippen LogP contribution < -0.4 is 10.6 Å². The number of aliphatic hydroxyl groups is 3. The number of hydrogen-bond donors (Lipinski definition) is 5. The van der Waals surface area contributed by atoms with Crippen LogP contribution in [0.15, 0.2) is 6.20 Å². The number of rotatable bonds is 17. The van der Waals surface area contributed by atoms with Crippen LogP contribution in [0.25, 0.3) is 0 Å². The minimum Gasteiger partial charge on any atom is -0.394 e. The van der Waals surface area contributed by atoms with Crippen molar-refractivity contribution in [2.24, 2.45) is 0 Å². The normalized spacial score (nSPS) is 23.8. The van der Waals surface area contributed by atoms with Gasteiger partial charge in [-0.15, -0.1) is 5.10 Å². The van der Waals surface area contributed by atoms with Crippen molar-refractivity contribution >= 4 is 11.8 Å². The Kier molecular flexibility index (Phi) is 13.9. The maximum absolute atomic E-state index is 12.0.